The number of hydrogen-bond acceptors (Lipinski definition) is 4. The van der Waals surface area contributed by atoms with Crippen LogP contribution < -0.4 is 16.4 Å². The van der Waals surface area contributed by atoms with E-state index in [1.54, 1.807) is 0 Å². The van der Waals surface area contributed by atoms with Crippen molar-refractivity contribution in [2.75, 3.05) is 24.1 Å². The van der Waals surface area contributed by atoms with E-state index in [9.17, 15) is 0 Å². The van der Waals surface area contributed by atoms with Crippen LogP contribution in [0.3, 0.4) is 0 Å². The van der Waals surface area contributed by atoms with Gasteiger partial charge in [0.1, 0.15) is 0 Å². The second kappa shape index (κ2) is 4.25. The largest absolute Gasteiger partial charge is 0.399 e. The maximum atomic E-state index is 5.74. The monoisotopic (exact) mass is 231 g/mol. The van der Waals surface area contributed by atoms with Crippen molar-refractivity contribution in [3.63, 3.8) is 0 Å². The molecule has 2 aromatic rings. The summed E-state index contributed by atoms with van der Waals surface area (Å²) in [6.07, 6.45) is 2.28. The van der Waals surface area contributed by atoms with Gasteiger partial charge in [0.2, 0.25) is 0 Å². The van der Waals surface area contributed by atoms with Gasteiger partial charge in [0.25, 0.3) is 0 Å². The van der Waals surface area contributed by atoms with E-state index in [0.717, 1.165) is 48.3 Å². The molecule has 0 aliphatic carbocycles. The van der Waals surface area contributed by atoms with Crippen LogP contribution in [0.15, 0.2) is 18.2 Å². The predicted octanol–water partition coefficient (Wildman–Crippen LogP) is 1.31. The second-order valence-corrected chi connectivity index (χ2v) is 4.55. The van der Waals surface area contributed by atoms with Gasteiger partial charge in [-0.3, -0.25) is 5.10 Å². The van der Waals surface area contributed by atoms with E-state index in [0.29, 0.717) is 6.04 Å². The van der Waals surface area contributed by atoms with Crippen molar-refractivity contribution in [3.8, 4) is 0 Å². The van der Waals surface area contributed by atoms with Crippen molar-refractivity contribution in [3.05, 3.63) is 18.2 Å². The van der Waals surface area contributed by atoms with Crippen LogP contribution in [-0.2, 0) is 0 Å². The Kier molecular flexibility index (Phi) is 2.60. The lowest BCUT2D eigenvalue weighted by molar-refractivity contribution is 0.478. The molecule has 1 aliphatic heterocycles. The second-order valence-electron chi connectivity index (χ2n) is 4.55. The summed E-state index contributed by atoms with van der Waals surface area (Å²) in [7, 11) is 0. The fourth-order valence-electron chi connectivity index (χ4n) is 2.31. The van der Waals surface area contributed by atoms with Gasteiger partial charge >= 0.3 is 0 Å². The van der Waals surface area contributed by atoms with Crippen molar-refractivity contribution >= 4 is 22.4 Å². The number of benzene rings is 1. The third kappa shape index (κ3) is 2.06. The molecule has 0 spiro atoms. The molecule has 0 amide bonds. The first-order valence-corrected chi connectivity index (χ1v) is 6.04. The number of nitrogens with two attached hydrogens (primary N) is 1. The fraction of sp³-hybridized carbons (Fsp3) is 0.417. The Bertz CT molecular complexity index is 513. The van der Waals surface area contributed by atoms with Crippen LogP contribution in [0.4, 0.5) is 11.5 Å². The summed E-state index contributed by atoms with van der Waals surface area (Å²) in [6, 6.07) is 6.35. The highest BCUT2D eigenvalue weighted by Crippen LogP contribution is 2.23. The zero-order chi connectivity index (χ0) is 11.7. The van der Waals surface area contributed by atoms with E-state index in [1.165, 1.54) is 0 Å². The van der Waals surface area contributed by atoms with Crippen LogP contribution in [0.2, 0.25) is 0 Å². The summed E-state index contributed by atoms with van der Waals surface area (Å²) in [6.45, 7) is 2.15. The highest BCUT2D eigenvalue weighted by Gasteiger charge is 2.15. The van der Waals surface area contributed by atoms with Crippen molar-refractivity contribution in [1.29, 1.82) is 0 Å². The summed E-state index contributed by atoms with van der Waals surface area (Å²) in [5, 5.41) is 15.3. The Morgan fingerprint density at radius 2 is 2.12 bits per heavy atom. The molecule has 17 heavy (non-hydrogen) atoms. The Morgan fingerprint density at radius 3 is 2.94 bits per heavy atom. The minimum absolute atomic E-state index is 0.514. The molecule has 1 aliphatic rings. The zero-order valence-electron chi connectivity index (χ0n) is 9.66. The molecule has 1 saturated heterocycles. The van der Waals surface area contributed by atoms with Crippen LogP contribution in [0.5, 0.6) is 0 Å². The quantitative estimate of drug-likeness (QED) is 0.588. The summed E-state index contributed by atoms with van der Waals surface area (Å²) < 4.78 is 0. The maximum absolute atomic E-state index is 5.74. The van der Waals surface area contributed by atoms with E-state index in [1.807, 2.05) is 18.2 Å². The normalized spacial score (nSPS) is 17.4. The first kappa shape index (κ1) is 10.4. The average molecular weight is 231 g/mol. The number of nitrogens with one attached hydrogen (secondary N) is 3. The van der Waals surface area contributed by atoms with E-state index in [2.05, 4.69) is 20.8 Å². The minimum Gasteiger partial charge on any atom is -0.399 e. The number of nitrogens with zero attached hydrogens (tertiary/aromatic N) is 1. The number of aromatic amines is 1. The highest BCUT2D eigenvalue weighted by molar-refractivity contribution is 5.91. The number of rotatable bonds is 2. The van der Waals surface area contributed by atoms with Crippen molar-refractivity contribution < 1.29 is 0 Å². The van der Waals surface area contributed by atoms with Crippen molar-refractivity contribution in [1.82, 2.24) is 15.5 Å². The molecule has 0 unspecified atom stereocenters. The first-order valence-electron chi connectivity index (χ1n) is 6.04. The Labute approximate surface area is 99.8 Å². The van der Waals surface area contributed by atoms with E-state index in [4.69, 9.17) is 5.73 Å². The Balaban J connectivity index is 1.84. The van der Waals surface area contributed by atoms with Crippen LogP contribution in [0, 0.1) is 0 Å². The number of nitrogen functional groups attached to an aromatic ring is 1. The predicted molar refractivity (Wildman–Crippen MR) is 70.0 cm³/mol. The number of anilines is 2. The SMILES string of the molecule is Nc1ccc2c(NC3CCNCC3)n[nH]c2c1. The Morgan fingerprint density at radius 1 is 1.29 bits per heavy atom. The Hall–Kier alpha value is -1.75. The fourth-order valence-corrected chi connectivity index (χ4v) is 2.31. The van der Waals surface area contributed by atoms with E-state index >= 15 is 0 Å². The summed E-state index contributed by atoms with van der Waals surface area (Å²) in [5.41, 5.74) is 7.49. The summed E-state index contributed by atoms with van der Waals surface area (Å²) >= 11 is 0. The van der Waals surface area contributed by atoms with Gasteiger partial charge in [0, 0.05) is 17.1 Å². The van der Waals surface area contributed by atoms with Gasteiger partial charge in [-0.1, -0.05) is 0 Å². The topological polar surface area (TPSA) is 78.8 Å². The number of piperidine rings is 1. The minimum atomic E-state index is 0.514. The molecule has 2 heterocycles. The smallest absolute Gasteiger partial charge is 0.155 e. The molecule has 1 aromatic carbocycles. The lowest BCUT2D eigenvalue weighted by Crippen LogP contribution is -2.35. The zero-order valence-corrected chi connectivity index (χ0v) is 9.66. The number of H-pyrrole nitrogens is 1. The number of aromatic nitrogens is 2. The third-order valence-corrected chi connectivity index (χ3v) is 3.27. The molecule has 3 rings (SSSR count). The van der Waals surface area contributed by atoms with Gasteiger partial charge in [0.15, 0.2) is 5.82 Å². The van der Waals surface area contributed by atoms with Gasteiger partial charge in [0.05, 0.1) is 5.52 Å². The lowest BCUT2D eigenvalue weighted by atomic mass is 10.1. The molecule has 0 radical (unpaired) electrons. The maximum Gasteiger partial charge on any atom is 0.155 e. The number of fused-ring (bicyclic) bond motifs is 1. The van der Waals surface area contributed by atoms with Gasteiger partial charge in [-0.2, -0.15) is 5.10 Å². The first-order chi connectivity index (χ1) is 8.33. The average Bonchev–Trinajstić information content (AvgIpc) is 2.73. The van der Waals surface area contributed by atoms with Crippen LogP contribution in [-0.4, -0.2) is 29.3 Å². The standard InChI is InChI=1S/C12H17N5/c13-8-1-2-10-11(7-8)16-17-12(10)15-9-3-5-14-6-4-9/h1-2,7,9,14H,3-6,13H2,(H2,15,16,17). The van der Waals surface area contributed by atoms with Gasteiger partial charge in [-0.15, -0.1) is 0 Å². The molecule has 0 saturated carbocycles. The van der Waals surface area contributed by atoms with Crippen LogP contribution in [0.1, 0.15) is 12.8 Å². The molecule has 0 atom stereocenters. The van der Waals surface area contributed by atoms with Crippen LogP contribution in [0.25, 0.3) is 10.9 Å². The molecular formula is C12H17N5. The molecule has 0 bridgehead atoms. The summed E-state index contributed by atoms with van der Waals surface area (Å²) in [4.78, 5) is 0. The molecule has 1 fully saturated rings. The van der Waals surface area contributed by atoms with Crippen molar-refractivity contribution in [2.24, 2.45) is 0 Å². The van der Waals surface area contributed by atoms with E-state index in [-0.39, 0.29) is 0 Å². The van der Waals surface area contributed by atoms with Gasteiger partial charge < -0.3 is 16.4 Å². The molecule has 90 valence electrons. The van der Waals surface area contributed by atoms with E-state index < -0.39 is 0 Å². The highest BCUT2D eigenvalue weighted by atomic mass is 15.2. The van der Waals surface area contributed by atoms with Gasteiger partial charge in [-0.05, 0) is 44.1 Å². The van der Waals surface area contributed by atoms with Gasteiger partial charge in [-0.25, -0.2) is 0 Å². The van der Waals surface area contributed by atoms with Crippen LogP contribution >= 0.6 is 0 Å². The molecular weight excluding hydrogens is 214 g/mol. The third-order valence-electron chi connectivity index (χ3n) is 3.27. The molecule has 5 heteroatoms. The van der Waals surface area contributed by atoms with Crippen molar-refractivity contribution in [2.45, 2.75) is 18.9 Å². The molecule has 5 N–H and O–H groups in total. The summed E-state index contributed by atoms with van der Waals surface area (Å²) in [5.74, 6) is 0.937. The molecule has 5 nitrogen and oxygen atoms in total. The molecule has 1 aromatic heterocycles. The number of hydrogen-bond donors (Lipinski definition) is 4. The lowest BCUT2D eigenvalue weighted by Gasteiger charge is -2.23.